The number of nitrogens with one attached hydrogen (secondary N) is 1. The van der Waals surface area contributed by atoms with Crippen molar-refractivity contribution < 1.29 is 9.59 Å². The molecule has 2 aliphatic heterocycles. The summed E-state index contributed by atoms with van der Waals surface area (Å²) in [4.78, 5) is 30.4. The van der Waals surface area contributed by atoms with Crippen molar-refractivity contribution in [2.45, 2.75) is 50.5 Å². The minimum Gasteiger partial charge on any atom is -0.344 e. The van der Waals surface area contributed by atoms with E-state index in [1.807, 2.05) is 29.4 Å². The van der Waals surface area contributed by atoms with Crippen LogP contribution in [0.5, 0.6) is 0 Å². The number of likely N-dealkylation sites (tertiary alicyclic amines) is 1. The molecule has 3 rings (SSSR count). The molecule has 2 atom stereocenters. The van der Waals surface area contributed by atoms with Crippen LogP contribution in [0.25, 0.3) is 0 Å². The zero-order valence-corrected chi connectivity index (χ0v) is 12.8. The zero-order valence-electron chi connectivity index (χ0n) is 12.8. The van der Waals surface area contributed by atoms with Crippen molar-refractivity contribution >= 4 is 11.8 Å². The Morgan fingerprint density at radius 3 is 2.82 bits per heavy atom. The van der Waals surface area contributed by atoms with Crippen LogP contribution in [0.15, 0.2) is 24.5 Å². The molecule has 1 aromatic heterocycles. The molecule has 0 bridgehead atoms. The molecule has 2 saturated heterocycles. The quantitative estimate of drug-likeness (QED) is 0.906. The molecule has 1 N–H and O–H groups in total. The van der Waals surface area contributed by atoms with E-state index in [-0.39, 0.29) is 17.9 Å². The number of carbonyl (C=O) groups is 2. The van der Waals surface area contributed by atoms with Gasteiger partial charge in [0.15, 0.2) is 0 Å². The second-order valence-corrected chi connectivity index (χ2v) is 6.27. The summed E-state index contributed by atoms with van der Waals surface area (Å²) in [5, 5.41) is 2.89. The maximum atomic E-state index is 12.7. The van der Waals surface area contributed by atoms with Gasteiger partial charge in [0.2, 0.25) is 11.8 Å². The predicted octanol–water partition coefficient (Wildman–Crippen LogP) is 1.85. The van der Waals surface area contributed by atoms with E-state index in [0.717, 1.165) is 45.2 Å². The van der Waals surface area contributed by atoms with Crippen LogP contribution < -0.4 is 5.32 Å². The van der Waals surface area contributed by atoms with Crippen molar-refractivity contribution in [1.82, 2.24) is 15.2 Å². The van der Waals surface area contributed by atoms with Gasteiger partial charge in [-0.3, -0.25) is 14.6 Å². The third-order valence-corrected chi connectivity index (χ3v) is 4.69. The van der Waals surface area contributed by atoms with Crippen LogP contribution in [0.3, 0.4) is 0 Å². The van der Waals surface area contributed by atoms with Gasteiger partial charge in [0.25, 0.3) is 0 Å². The van der Waals surface area contributed by atoms with Gasteiger partial charge in [0, 0.05) is 37.8 Å². The molecule has 0 radical (unpaired) electrons. The highest BCUT2D eigenvalue weighted by Crippen LogP contribution is 2.27. The van der Waals surface area contributed by atoms with Crippen LogP contribution >= 0.6 is 0 Å². The lowest BCUT2D eigenvalue weighted by Crippen LogP contribution is -2.50. The van der Waals surface area contributed by atoms with Gasteiger partial charge in [-0.2, -0.15) is 0 Å². The number of hydrogen-bond donors (Lipinski definition) is 1. The number of nitrogens with zero attached hydrogens (tertiary/aromatic N) is 2. The van der Waals surface area contributed by atoms with Gasteiger partial charge in [0.1, 0.15) is 6.04 Å². The van der Waals surface area contributed by atoms with Crippen LogP contribution in [0.2, 0.25) is 0 Å². The minimum absolute atomic E-state index is 0.0125. The van der Waals surface area contributed by atoms with E-state index in [2.05, 4.69) is 10.3 Å². The smallest absolute Gasteiger partial charge is 0.245 e. The normalized spacial score (nSPS) is 26.2. The fraction of sp³-hybridized carbons (Fsp3) is 0.588. The van der Waals surface area contributed by atoms with Gasteiger partial charge in [-0.05, 0) is 43.4 Å². The molecule has 0 spiro atoms. The van der Waals surface area contributed by atoms with Crippen LogP contribution in [0, 0.1) is 0 Å². The Hall–Kier alpha value is -1.91. The molecule has 2 amide bonds. The Balaban J connectivity index is 1.66. The van der Waals surface area contributed by atoms with Crippen molar-refractivity contribution in [3.8, 4) is 0 Å². The molecule has 2 aliphatic rings. The summed E-state index contributed by atoms with van der Waals surface area (Å²) in [7, 11) is 0. The number of piperidine rings is 1. The lowest BCUT2D eigenvalue weighted by atomic mass is 9.91. The Morgan fingerprint density at radius 2 is 2.00 bits per heavy atom. The second kappa shape index (κ2) is 6.90. The Kier molecular flexibility index (Phi) is 4.71. The van der Waals surface area contributed by atoms with E-state index in [4.69, 9.17) is 0 Å². The average Bonchev–Trinajstić information content (AvgIpc) is 2.79. The molecule has 3 heterocycles. The van der Waals surface area contributed by atoms with Crippen LogP contribution in [0.4, 0.5) is 0 Å². The largest absolute Gasteiger partial charge is 0.344 e. The van der Waals surface area contributed by atoms with Gasteiger partial charge in [0.05, 0.1) is 0 Å². The summed E-state index contributed by atoms with van der Waals surface area (Å²) in [5.74, 6) is 0.481. The Bertz CT molecular complexity index is 532. The predicted molar refractivity (Wildman–Crippen MR) is 83.2 cm³/mol. The van der Waals surface area contributed by atoms with E-state index >= 15 is 0 Å². The van der Waals surface area contributed by atoms with E-state index in [0.29, 0.717) is 12.3 Å². The molecule has 118 valence electrons. The first-order valence-corrected chi connectivity index (χ1v) is 8.22. The second-order valence-electron chi connectivity index (χ2n) is 6.27. The van der Waals surface area contributed by atoms with Crippen molar-refractivity contribution in [1.29, 1.82) is 0 Å². The summed E-state index contributed by atoms with van der Waals surface area (Å²) in [6.45, 7) is 1.54. The first-order chi connectivity index (χ1) is 10.7. The van der Waals surface area contributed by atoms with Crippen molar-refractivity contribution in [3.05, 3.63) is 30.1 Å². The van der Waals surface area contributed by atoms with E-state index < -0.39 is 0 Å². The standard InChI is InChI=1S/C17H23N3O2/c21-16-6-2-1-5-15(19-16)17(22)20-11-3-4-14(12-20)13-7-9-18-10-8-13/h7-10,14-15H,1-6,11-12H2,(H,19,21)/t14-,15-/m1/s1. The molecule has 5 heteroatoms. The topological polar surface area (TPSA) is 62.3 Å². The molecule has 0 aromatic carbocycles. The van der Waals surface area contributed by atoms with Crippen LogP contribution in [-0.4, -0.2) is 40.8 Å². The fourth-order valence-electron chi connectivity index (χ4n) is 3.46. The number of hydrogen-bond acceptors (Lipinski definition) is 3. The van der Waals surface area contributed by atoms with Crippen molar-refractivity contribution in [3.63, 3.8) is 0 Å². The Morgan fingerprint density at radius 1 is 1.18 bits per heavy atom. The monoisotopic (exact) mass is 301 g/mol. The van der Waals surface area contributed by atoms with Crippen LogP contribution in [-0.2, 0) is 9.59 Å². The molecule has 2 fully saturated rings. The van der Waals surface area contributed by atoms with E-state index in [1.165, 1.54) is 5.56 Å². The highest BCUT2D eigenvalue weighted by molar-refractivity contribution is 5.88. The summed E-state index contributed by atoms with van der Waals surface area (Å²) >= 11 is 0. The molecular formula is C17H23N3O2. The summed E-state index contributed by atoms with van der Waals surface area (Å²) in [6, 6.07) is 3.74. The molecular weight excluding hydrogens is 278 g/mol. The first kappa shape index (κ1) is 15.0. The lowest BCUT2D eigenvalue weighted by Gasteiger charge is -2.35. The summed E-state index contributed by atoms with van der Waals surface area (Å²) in [6.07, 6.45) is 8.86. The average molecular weight is 301 g/mol. The first-order valence-electron chi connectivity index (χ1n) is 8.22. The van der Waals surface area contributed by atoms with Gasteiger partial charge >= 0.3 is 0 Å². The van der Waals surface area contributed by atoms with Gasteiger partial charge in [-0.1, -0.05) is 6.42 Å². The number of rotatable bonds is 2. The third kappa shape index (κ3) is 3.46. The lowest BCUT2D eigenvalue weighted by molar-refractivity contribution is -0.137. The fourth-order valence-corrected chi connectivity index (χ4v) is 3.46. The number of carbonyl (C=O) groups excluding carboxylic acids is 2. The Labute approximate surface area is 131 Å². The molecule has 5 nitrogen and oxygen atoms in total. The van der Waals surface area contributed by atoms with Crippen molar-refractivity contribution in [2.75, 3.05) is 13.1 Å². The highest BCUT2D eigenvalue weighted by atomic mass is 16.2. The highest BCUT2D eigenvalue weighted by Gasteiger charge is 2.31. The molecule has 0 unspecified atom stereocenters. The van der Waals surface area contributed by atoms with E-state index in [1.54, 1.807) is 0 Å². The van der Waals surface area contributed by atoms with Gasteiger partial charge < -0.3 is 10.2 Å². The SMILES string of the molecule is O=C1CCCC[C@H](C(=O)N2CCC[C@@H](c3ccncc3)C2)N1. The van der Waals surface area contributed by atoms with Gasteiger partial charge in [-0.15, -0.1) is 0 Å². The number of aromatic nitrogens is 1. The van der Waals surface area contributed by atoms with Crippen LogP contribution in [0.1, 0.15) is 50.0 Å². The molecule has 22 heavy (non-hydrogen) atoms. The third-order valence-electron chi connectivity index (χ3n) is 4.69. The van der Waals surface area contributed by atoms with E-state index in [9.17, 15) is 9.59 Å². The molecule has 0 saturated carbocycles. The number of amides is 2. The zero-order chi connectivity index (χ0) is 15.4. The number of pyridine rings is 1. The van der Waals surface area contributed by atoms with Crippen molar-refractivity contribution in [2.24, 2.45) is 0 Å². The summed E-state index contributed by atoms with van der Waals surface area (Å²) < 4.78 is 0. The minimum atomic E-state index is -0.328. The summed E-state index contributed by atoms with van der Waals surface area (Å²) in [5.41, 5.74) is 1.25. The molecule has 0 aliphatic carbocycles. The van der Waals surface area contributed by atoms with Gasteiger partial charge in [-0.25, -0.2) is 0 Å². The maximum Gasteiger partial charge on any atom is 0.245 e. The molecule has 1 aromatic rings. The maximum absolute atomic E-state index is 12.7.